The molecule has 35 heavy (non-hydrogen) atoms. The first-order chi connectivity index (χ1) is 16.2. The molecule has 2 aliphatic rings. The minimum Gasteiger partial charge on any atom is -0.489 e. The number of fused-ring (bicyclic) bond motifs is 1. The van der Waals surface area contributed by atoms with Crippen LogP contribution in [0, 0.1) is 6.92 Å². The highest BCUT2D eigenvalue weighted by Crippen LogP contribution is 2.26. The number of nitrogens with zero attached hydrogens (tertiary/aromatic N) is 2. The number of anilines is 1. The molecular weight excluding hydrogens is 475 g/mol. The molecule has 0 bridgehead atoms. The lowest BCUT2D eigenvalue weighted by Gasteiger charge is -2.36. The molecule has 3 nitrogen and oxygen atoms in total. The van der Waals surface area contributed by atoms with Gasteiger partial charge in [-0.05, 0) is 85.0 Å². The maximum Gasteiger partial charge on any atom is 0.120 e. The van der Waals surface area contributed by atoms with Crippen LogP contribution in [0.2, 0.25) is 0 Å². The fourth-order valence-electron chi connectivity index (χ4n) is 5.19. The van der Waals surface area contributed by atoms with Gasteiger partial charge in [-0.15, -0.1) is 24.8 Å². The highest BCUT2D eigenvalue weighted by Gasteiger charge is 2.18. The van der Waals surface area contributed by atoms with Crippen molar-refractivity contribution >= 4 is 30.5 Å². The summed E-state index contributed by atoms with van der Waals surface area (Å²) in [5.74, 6) is 1.00. The summed E-state index contributed by atoms with van der Waals surface area (Å²) >= 11 is 0. The van der Waals surface area contributed by atoms with Gasteiger partial charge < -0.3 is 9.64 Å². The second-order valence-electron chi connectivity index (χ2n) is 9.61. The molecule has 0 saturated carbocycles. The fourth-order valence-corrected chi connectivity index (χ4v) is 5.19. The Balaban J connectivity index is 0.00000171. The van der Waals surface area contributed by atoms with E-state index in [4.69, 9.17) is 4.74 Å². The number of ether oxygens (including phenoxy) is 1. The van der Waals surface area contributed by atoms with Gasteiger partial charge in [-0.25, -0.2) is 0 Å². The third-order valence-electron chi connectivity index (χ3n) is 7.29. The molecule has 0 N–H and O–H groups in total. The topological polar surface area (TPSA) is 15.7 Å². The van der Waals surface area contributed by atoms with Gasteiger partial charge in [0.15, 0.2) is 0 Å². The van der Waals surface area contributed by atoms with Gasteiger partial charge in [0.2, 0.25) is 0 Å². The highest BCUT2D eigenvalue weighted by molar-refractivity contribution is 5.85. The van der Waals surface area contributed by atoms with Gasteiger partial charge in [-0.2, -0.15) is 0 Å². The molecule has 3 aromatic rings. The van der Waals surface area contributed by atoms with Crippen LogP contribution in [0.1, 0.15) is 40.7 Å². The van der Waals surface area contributed by atoms with E-state index in [1.54, 1.807) is 0 Å². The third-order valence-corrected chi connectivity index (χ3v) is 7.29. The first-order valence-corrected chi connectivity index (χ1v) is 12.6. The van der Waals surface area contributed by atoms with E-state index in [2.05, 4.69) is 83.5 Å². The SMILES string of the molecule is Cc1ccccc1N1CCN(CCc2ccc(COc3ccc4c(c3)CCCC4)cc2)CC1.Cl.Cl. The van der Waals surface area contributed by atoms with E-state index < -0.39 is 0 Å². The van der Waals surface area contributed by atoms with Crippen LogP contribution in [-0.2, 0) is 25.9 Å². The minimum absolute atomic E-state index is 0. The summed E-state index contributed by atoms with van der Waals surface area (Å²) in [6, 6.07) is 24.4. The monoisotopic (exact) mass is 512 g/mol. The van der Waals surface area contributed by atoms with Crippen LogP contribution in [0.15, 0.2) is 66.7 Å². The summed E-state index contributed by atoms with van der Waals surface area (Å²) in [6.45, 7) is 8.49. The van der Waals surface area contributed by atoms with E-state index >= 15 is 0 Å². The molecule has 0 amide bonds. The van der Waals surface area contributed by atoms with Crippen LogP contribution in [0.3, 0.4) is 0 Å². The maximum absolute atomic E-state index is 6.10. The molecule has 5 rings (SSSR count). The minimum atomic E-state index is 0. The zero-order valence-electron chi connectivity index (χ0n) is 20.7. The Morgan fingerprint density at radius 3 is 2.17 bits per heavy atom. The lowest BCUT2D eigenvalue weighted by Crippen LogP contribution is -2.47. The van der Waals surface area contributed by atoms with E-state index in [9.17, 15) is 0 Å². The Labute approximate surface area is 223 Å². The molecule has 3 aromatic carbocycles. The van der Waals surface area contributed by atoms with Crippen molar-refractivity contribution in [2.45, 2.75) is 45.6 Å². The van der Waals surface area contributed by atoms with Gasteiger partial charge >= 0.3 is 0 Å². The second kappa shape index (κ2) is 13.2. The molecule has 1 aliphatic heterocycles. The summed E-state index contributed by atoms with van der Waals surface area (Å²) in [4.78, 5) is 5.13. The van der Waals surface area contributed by atoms with Crippen molar-refractivity contribution in [2.75, 3.05) is 37.6 Å². The number of hydrogen-bond acceptors (Lipinski definition) is 3. The normalized spacial score (nSPS) is 15.5. The lowest BCUT2D eigenvalue weighted by atomic mass is 9.92. The quantitative estimate of drug-likeness (QED) is 0.351. The third kappa shape index (κ3) is 7.16. The molecule has 0 radical (unpaired) electrons. The Morgan fingerprint density at radius 1 is 0.743 bits per heavy atom. The second-order valence-corrected chi connectivity index (χ2v) is 9.61. The predicted molar refractivity (Wildman–Crippen MR) is 152 cm³/mol. The van der Waals surface area contributed by atoms with Crippen molar-refractivity contribution in [2.24, 2.45) is 0 Å². The van der Waals surface area contributed by atoms with Crippen molar-refractivity contribution in [1.29, 1.82) is 0 Å². The number of para-hydroxylation sites is 1. The average Bonchev–Trinajstić information content (AvgIpc) is 2.87. The number of piperazine rings is 1. The van der Waals surface area contributed by atoms with Crippen LogP contribution in [0.5, 0.6) is 5.75 Å². The highest BCUT2D eigenvalue weighted by atomic mass is 35.5. The van der Waals surface area contributed by atoms with E-state index in [-0.39, 0.29) is 24.8 Å². The molecule has 0 aromatic heterocycles. The van der Waals surface area contributed by atoms with Crippen LogP contribution >= 0.6 is 24.8 Å². The summed E-state index contributed by atoms with van der Waals surface area (Å²) in [6.07, 6.45) is 6.15. The zero-order chi connectivity index (χ0) is 22.5. The molecular formula is C30H38Cl2N2O. The van der Waals surface area contributed by atoms with Crippen LogP contribution in [0.25, 0.3) is 0 Å². The molecule has 0 spiro atoms. The average molecular weight is 514 g/mol. The van der Waals surface area contributed by atoms with Gasteiger partial charge in [0.25, 0.3) is 0 Å². The van der Waals surface area contributed by atoms with E-state index in [0.717, 1.165) is 44.9 Å². The van der Waals surface area contributed by atoms with Crippen molar-refractivity contribution in [3.8, 4) is 5.75 Å². The van der Waals surface area contributed by atoms with Crippen LogP contribution in [0.4, 0.5) is 5.69 Å². The summed E-state index contributed by atoms with van der Waals surface area (Å²) in [7, 11) is 0. The zero-order valence-corrected chi connectivity index (χ0v) is 22.4. The summed E-state index contributed by atoms with van der Waals surface area (Å²) in [5, 5.41) is 0. The largest absolute Gasteiger partial charge is 0.489 e. The van der Waals surface area contributed by atoms with Gasteiger partial charge in [0.05, 0.1) is 0 Å². The van der Waals surface area contributed by atoms with Gasteiger partial charge in [0.1, 0.15) is 12.4 Å². The van der Waals surface area contributed by atoms with E-state index in [1.165, 1.54) is 59.2 Å². The Bertz CT molecular complexity index is 1060. The van der Waals surface area contributed by atoms with Crippen LogP contribution < -0.4 is 9.64 Å². The number of hydrogen-bond donors (Lipinski definition) is 0. The summed E-state index contributed by atoms with van der Waals surface area (Å²) < 4.78 is 6.10. The first-order valence-electron chi connectivity index (χ1n) is 12.6. The Kier molecular flexibility index (Phi) is 10.3. The van der Waals surface area contributed by atoms with Crippen molar-refractivity contribution in [3.05, 3.63) is 94.5 Å². The lowest BCUT2D eigenvalue weighted by molar-refractivity contribution is 0.261. The molecule has 1 heterocycles. The molecule has 188 valence electrons. The maximum atomic E-state index is 6.10. The predicted octanol–water partition coefficient (Wildman–Crippen LogP) is 6.66. The van der Waals surface area contributed by atoms with Crippen LogP contribution in [-0.4, -0.2) is 37.6 Å². The van der Waals surface area contributed by atoms with Gasteiger partial charge in [-0.1, -0.05) is 48.5 Å². The number of benzene rings is 3. The molecule has 0 atom stereocenters. The Morgan fingerprint density at radius 2 is 1.43 bits per heavy atom. The van der Waals surface area contributed by atoms with E-state index in [1.807, 2.05) is 0 Å². The van der Waals surface area contributed by atoms with Gasteiger partial charge in [0, 0.05) is 38.4 Å². The standard InChI is InChI=1S/C30H36N2O.2ClH/c1-24-6-2-5-9-30(24)32-20-18-31(19-21-32)17-16-25-10-12-26(13-11-25)23-33-29-15-14-27-7-3-4-8-28(27)22-29;;/h2,5-6,9-15,22H,3-4,7-8,16-21,23H2,1H3;2*1H. The smallest absolute Gasteiger partial charge is 0.120 e. The van der Waals surface area contributed by atoms with Crippen molar-refractivity contribution in [1.82, 2.24) is 4.90 Å². The molecule has 1 saturated heterocycles. The summed E-state index contributed by atoms with van der Waals surface area (Å²) in [5.41, 5.74) is 8.41. The van der Waals surface area contributed by atoms with E-state index in [0.29, 0.717) is 6.61 Å². The first kappa shape index (κ1) is 27.4. The Hall–Kier alpha value is -2.20. The number of halogens is 2. The molecule has 1 fully saturated rings. The molecule has 1 aliphatic carbocycles. The number of rotatable bonds is 7. The van der Waals surface area contributed by atoms with Crippen molar-refractivity contribution < 1.29 is 4.74 Å². The molecule has 5 heteroatoms. The van der Waals surface area contributed by atoms with Crippen molar-refractivity contribution in [3.63, 3.8) is 0 Å². The number of aryl methyl sites for hydroxylation is 3. The molecule has 0 unspecified atom stereocenters. The van der Waals surface area contributed by atoms with Gasteiger partial charge in [-0.3, -0.25) is 4.90 Å². The fraction of sp³-hybridized carbons (Fsp3) is 0.400.